The molecule has 6 rings (SSSR count). The number of aliphatic hydroxyl groups excluding tert-OH is 2. The quantitative estimate of drug-likeness (QED) is 0.0340. The van der Waals surface area contributed by atoms with Gasteiger partial charge in [-0.15, -0.1) is 0 Å². The van der Waals surface area contributed by atoms with Gasteiger partial charge in [-0.2, -0.15) is 0 Å². The Hall–Kier alpha value is -2.31. The van der Waals surface area contributed by atoms with E-state index in [2.05, 4.69) is 86.2 Å². The van der Waals surface area contributed by atoms with Gasteiger partial charge >= 0.3 is 11.9 Å². The van der Waals surface area contributed by atoms with E-state index in [1.807, 2.05) is 27.7 Å². The lowest BCUT2D eigenvalue weighted by Crippen LogP contribution is -2.65. The fourth-order valence-electron chi connectivity index (χ4n) is 12.8. The minimum atomic E-state index is -1.52. The Kier molecular flexibility index (Phi) is 24.3. The topological polar surface area (TPSA) is 253 Å². The summed E-state index contributed by atoms with van der Waals surface area (Å²) in [5.74, 6) is -1.82. The lowest BCUT2D eigenvalue weighted by molar-refractivity contribution is -0.393. The molecule has 0 aliphatic carbocycles. The highest BCUT2D eigenvalue weighted by Gasteiger charge is 2.57. The summed E-state index contributed by atoms with van der Waals surface area (Å²) in [4.78, 5) is 28.6. The van der Waals surface area contributed by atoms with Crippen LogP contribution in [0.4, 0.5) is 0 Å². The van der Waals surface area contributed by atoms with Crippen molar-refractivity contribution in [3.05, 3.63) is 10.4 Å². The zero-order valence-corrected chi connectivity index (χ0v) is 49.7. The van der Waals surface area contributed by atoms with Crippen molar-refractivity contribution in [2.24, 2.45) is 64.3 Å². The fraction of sp³-hybridized carbons (Fsp3) is 0.965. The van der Waals surface area contributed by atoms with Crippen LogP contribution in [-0.4, -0.2) is 165 Å². The SMILES string of the molecule is CCC1O[C@@H](OCCN=[N+]=[N-])[C@@H](C)C(C)[C@@H]1O[C@@H]1OC(CC)[C@@H](O[C@@H]2OC(CO)[C@@H](O)C(O[C@H]3O[C@@H](CC)[C@@H](C)C(C)C3O[C@H]3O[C@@H](CC)[C@@H](C)C(C)C3O[C@H]3O[C@@H](CC)[C@@H](C)C(C)C3OC(C)=O)[C@H]2OC(C)=O)C(C)[C@@H]1C. The summed E-state index contributed by atoms with van der Waals surface area (Å²) in [5.41, 5.74) is 8.73. The number of hydrogen-bond donors (Lipinski definition) is 2. The van der Waals surface area contributed by atoms with Crippen molar-refractivity contribution in [2.45, 2.75) is 273 Å². The number of aliphatic hydroxyl groups is 2. The van der Waals surface area contributed by atoms with Crippen molar-refractivity contribution in [1.82, 2.24) is 0 Å². The maximum Gasteiger partial charge on any atom is 0.303 e. The Morgan fingerprint density at radius 2 is 0.769 bits per heavy atom. The first kappa shape index (κ1) is 64.9. The van der Waals surface area contributed by atoms with Gasteiger partial charge in [0.2, 0.25) is 0 Å². The molecule has 21 nitrogen and oxygen atoms in total. The average Bonchev–Trinajstić information content (AvgIpc) is 3.60. The number of esters is 2. The smallest absolute Gasteiger partial charge is 0.303 e. The molecule has 450 valence electrons. The molecule has 12 unspecified atom stereocenters. The van der Waals surface area contributed by atoms with Crippen LogP contribution in [0.25, 0.3) is 10.4 Å². The molecule has 0 spiro atoms. The molecule has 78 heavy (non-hydrogen) atoms. The third-order valence-electron chi connectivity index (χ3n) is 18.8. The maximum absolute atomic E-state index is 13.2. The Morgan fingerprint density at radius 1 is 0.436 bits per heavy atom. The molecule has 0 amide bonds. The van der Waals surface area contributed by atoms with E-state index in [0.29, 0.717) is 25.7 Å². The molecule has 0 saturated carbocycles. The molecule has 0 radical (unpaired) electrons. The first-order valence-electron chi connectivity index (χ1n) is 29.5. The summed E-state index contributed by atoms with van der Waals surface area (Å²) in [6.07, 6.45) is -12.3. The van der Waals surface area contributed by atoms with E-state index in [1.165, 1.54) is 13.8 Å². The molecule has 0 aromatic carbocycles. The maximum atomic E-state index is 13.2. The summed E-state index contributed by atoms with van der Waals surface area (Å²) in [7, 11) is 0. The van der Waals surface area contributed by atoms with Gasteiger partial charge in [0.05, 0.1) is 55.9 Å². The summed E-state index contributed by atoms with van der Waals surface area (Å²) in [6, 6.07) is 0. The van der Waals surface area contributed by atoms with Gasteiger partial charge in [-0.25, -0.2) is 0 Å². The lowest BCUT2D eigenvalue weighted by Gasteiger charge is -2.52. The summed E-state index contributed by atoms with van der Waals surface area (Å²) in [6.45, 7) is 33.6. The van der Waals surface area contributed by atoms with Crippen LogP contribution in [0.5, 0.6) is 0 Å². The van der Waals surface area contributed by atoms with E-state index in [-0.39, 0.29) is 103 Å². The van der Waals surface area contributed by atoms with Crippen LogP contribution in [0.3, 0.4) is 0 Å². The molecule has 6 fully saturated rings. The second kappa shape index (κ2) is 29.3. The average molecular weight is 1110 g/mol. The van der Waals surface area contributed by atoms with Crippen LogP contribution >= 0.6 is 0 Å². The minimum Gasteiger partial charge on any atom is -0.457 e. The highest BCUT2D eigenvalue weighted by atomic mass is 16.8. The number of hydrogen-bond acceptors (Lipinski definition) is 19. The molecule has 30 atom stereocenters. The normalized spacial score (nSPS) is 47.2. The molecule has 0 aromatic heterocycles. The molecule has 2 N–H and O–H groups in total. The summed E-state index contributed by atoms with van der Waals surface area (Å²) >= 11 is 0. The van der Waals surface area contributed by atoms with Gasteiger partial charge in [0.15, 0.2) is 49.9 Å². The van der Waals surface area contributed by atoms with Crippen molar-refractivity contribution in [1.29, 1.82) is 0 Å². The Bertz CT molecular complexity index is 1920. The van der Waals surface area contributed by atoms with E-state index < -0.39 is 111 Å². The van der Waals surface area contributed by atoms with Crippen LogP contribution in [0.1, 0.15) is 150 Å². The first-order valence-corrected chi connectivity index (χ1v) is 29.5. The zero-order chi connectivity index (χ0) is 57.4. The van der Waals surface area contributed by atoms with Crippen LogP contribution < -0.4 is 0 Å². The van der Waals surface area contributed by atoms with Crippen molar-refractivity contribution < 1.29 is 86.1 Å². The third-order valence-corrected chi connectivity index (χ3v) is 18.8. The van der Waals surface area contributed by atoms with Crippen molar-refractivity contribution in [3.8, 4) is 0 Å². The van der Waals surface area contributed by atoms with Gasteiger partial charge in [-0.05, 0) is 79.1 Å². The van der Waals surface area contributed by atoms with Crippen LogP contribution in [-0.2, 0) is 75.9 Å². The fourth-order valence-corrected chi connectivity index (χ4v) is 12.8. The zero-order valence-electron chi connectivity index (χ0n) is 49.7. The van der Waals surface area contributed by atoms with Crippen LogP contribution in [0.2, 0.25) is 0 Å². The van der Waals surface area contributed by atoms with Crippen molar-refractivity contribution in [3.63, 3.8) is 0 Å². The summed E-state index contributed by atoms with van der Waals surface area (Å²) in [5, 5.41) is 26.6. The predicted octanol–water partition coefficient (Wildman–Crippen LogP) is 8.22. The lowest BCUT2D eigenvalue weighted by atomic mass is 9.80. The minimum absolute atomic E-state index is 0.0221. The van der Waals surface area contributed by atoms with Gasteiger partial charge in [-0.3, -0.25) is 9.59 Å². The number of azide groups is 1. The number of ether oxygens (including phenoxy) is 14. The van der Waals surface area contributed by atoms with Gasteiger partial charge in [0.1, 0.15) is 30.5 Å². The van der Waals surface area contributed by atoms with E-state index in [4.69, 9.17) is 71.8 Å². The Labute approximate surface area is 464 Å². The van der Waals surface area contributed by atoms with E-state index in [9.17, 15) is 19.8 Å². The molecule has 21 heteroatoms. The highest BCUT2D eigenvalue weighted by Crippen LogP contribution is 2.45. The number of carbonyl (C=O) groups is 2. The van der Waals surface area contributed by atoms with Gasteiger partial charge in [0.25, 0.3) is 0 Å². The van der Waals surface area contributed by atoms with Gasteiger partial charge in [0, 0.05) is 43.1 Å². The van der Waals surface area contributed by atoms with Gasteiger partial charge in [-0.1, -0.05) is 109 Å². The molecule has 0 aromatic rings. The number of rotatable bonds is 22. The number of carbonyl (C=O) groups excluding carboxylic acids is 2. The van der Waals surface area contributed by atoms with E-state index in [0.717, 1.165) is 6.42 Å². The molecule has 6 heterocycles. The number of nitrogens with zero attached hydrogens (tertiary/aromatic N) is 3. The molecular weight excluding hydrogens is 1010 g/mol. The Morgan fingerprint density at radius 3 is 1.21 bits per heavy atom. The first-order chi connectivity index (χ1) is 37.1. The predicted molar refractivity (Wildman–Crippen MR) is 284 cm³/mol. The highest BCUT2D eigenvalue weighted by molar-refractivity contribution is 5.66. The monoisotopic (exact) mass is 1110 g/mol. The van der Waals surface area contributed by atoms with E-state index in [1.54, 1.807) is 0 Å². The molecule has 6 aliphatic rings. The third kappa shape index (κ3) is 14.5. The molecule has 6 saturated heterocycles. The standard InChI is InChI=1S/C57H99N3O18/c1-18-38-26(6)29(9)47(66-36(16)62)54(68-38)76-48-30(10)27(7)39(19-2)69-55(48)77-49-31(11)28(8)40(20-3)70-56(49)78-50-44(64)43(25-61)73-57(51(50)67-37(17)63)75-46-33(13)35(15)53(72-42(46)22-5)74-45-32(12)34(14)52(71-41(45)21-4)65-24-23-59-60-58/h26-35,38-57,61,64H,18-25H2,1-17H3/t26-,27-,28-,29?,30?,31?,32?,33?,34-,35-,38-,39-,40-,41?,42?,43?,44+,45-,46-,47?,48?,49?,50?,51+,52+,53-,54+,55+,56+,57-/m0/s1. The second-order valence-corrected chi connectivity index (χ2v) is 23.5. The molecule has 0 bridgehead atoms. The van der Waals surface area contributed by atoms with Crippen molar-refractivity contribution >= 4 is 11.9 Å². The van der Waals surface area contributed by atoms with Crippen LogP contribution in [0.15, 0.2) is 5.11 Å². The van der Waals surface area contributed by atoms with Crippen molar-refractivity contribution in [2.75, 3.05) is 19.8 Å². The molecular formula is C57H99N3O18. The van der Waals surface area contributed by atoms with Crippen LogP contribution in [0, 0.1) is 59.2 Å². The Balaban J connectivity index is 1.27. The second-order valence-electron chi connectivity index (χ2n) is 23.5. The summed E-state index contributed by atoms with van der Waals surface area (Å²) < 4.78 is 93.0. The molecule has 6 aliphatic heterocycles. The van der Waals surface area contributed by atoms with E-state index >= 15 is 0 Å². The largest absolute Gasteiger partial charge is 0.457 e. The van der Waals surface area contributed by atoms with Gasteiger partial charge < -0.3 is 76.5 Å².